The Morgan fingerprint density at radius 2 is 0.967 bits per heavy atom. The summed E-state index contributed by atoms with van der Waals surface area (Å²) in [5.74, 6) is 0.946. The first-order chi connectivity index (χ1) is 14.7. The van der Waals surface area contributed by atoms with Gasteiger partial charge in [-0.15, -0.1) is 0 Å². The molecule has 0 aromatic carbocycles. The van der Waals surface area contributed by atoms with E-state index in [2.05, 4.69) is 34.6 Å². The fraction of sp³-hybridized carbons (Fsp3) is 0.923. The van der Waals surface area contributed by atoms with Crippen molar-refractivity contribution in [2.45, 2.75) is 140 Å². The van der Waals surface area contributed by atoms with Crippen molar-refractivity contribution in [1.82, 2.24) is 10.6 Å². The van der Waals surface area contributed by atoms with Gasteiger partial charge in [-0.05, 0) is 64.3 Å². The highest BCUT2D eigenvalue weighted by Crippen LogP contribution is 2.23. The monoisotopic (exact) mass is 416 g/mol. The zero-order valence-electron chi connectivity index (χ0n) is 19.8. The molecule has 30 heavy (non-hydrogen) atoms. The maximum absolute atomic E-state index is 4.00. The van der Waals surface area contributed by atoms with Gasteiger partial charge in [0, 0.05) is 69.5 Å². The van der Waals surface area contributed by atoms with Gasteiger partial charge in [-0.2, -0.15) is 0 Å². The van der Waals surface area contributed by atoms with Gasteiger partial charge in [0.05, 0.1) is 0 Å². The van der Waals surface area contributed by atoms with Crippen molar-refractivity contribution < 1.29 is 9.98 Å². The molecule has 0 spiro atoms. The van der Waals surface area contributed by atoms with Gasteiger partial charge < -0.3 is 10.6 Å². The molecule has 0 aliphatic heterocycles. The van der Waals surface area contributed by atoms with Crippen LogP contribution in [-0.4, -0.2) is 48.7 Å². The van der Waals surface area contributed by atoms with Crippen molar-refractivity contribution in [3.8, 4) is 0 Å². The van der Waals surface area contributed by atoms with Gasteiger partial charge in [0.25, 0.3) is 0 Å². The van der Waals surface area contributed by atoms with Crippen LogP contribution in [0.3, 0.4) is 0 Å². The summed E-state index contributed by atoms with van der Waals surface area (Å²) >= 11 is 0. The summed E-state index contributed by atoms with van der Waals surface area (Å²) < 4.78 is 0. The summed E-state index contributed by atoms with van der Waals surface area (Å²) in [4.78, 5) is 7.88. The Kier molecular flexibility index (Phi) is 8.40. The molecule has 4 fully saturated rings. The Bertz CT molecular complexity index is 562. The number of hydrogen-bond acceptors (Lipinski definition) is 2. The van der Waals surface area contributed by atoms with Crippen LogP contribution in [0, 0.1) is 5.92 Å². The van der Waals surface area contributed by atoms with Crippen LogP contribution >= 0.6 is 0 Å². The minimum absolute atomic E-state index is 0.729. The molecule has 0 aromatic rings. The highest BCUT2D eigenvalue weighted by Gasteiger charge is 2.30. The Labute approximate surface area is 185 Å². The molecule has 0 saturated heterocycles. The highest BCUT2D eigenvalue weighted by molar-refractivity contribution is 5.93. The van der Waals surface area contributed by atoms with E-state index in [-0.39, 0.29) is 0 Å². The van der Waals surface area contributed by atoms with E-state index in [1.807, 2.05) is 0 Å². The first-order valence-corrected chi connectivity index (χ1v) is 13.3. The number of rotatable bonds is 5. The molecule has 4 nitrogen and oxygen atoms in total. The summed E-state index contributed by atoms with van der Waals surface area (Å²) in [6.45, 7) is 2.41. The normalized spacial score (nSPS) is 38.3. The summed E-state index contributed by atoms with van der Waals surface area (Å²) in [5.41, 5.74) is 3.28. The minimum atomic E-state index is 0.729. The second-order valence-electron chi connectivity index (χ2n) is 11.0. The van der Waals surface area contributed by atoms with Crippen LogP contribution in [0.5, 0.6) is 0 Å². The summed E-state index contributed by atoms with van der Waals surface area (Å²) in [7, 11) is 2.11. The Hall–Kier alpha value is -0.740. The fourth-order valence-electron chi connectivity index (χ4n) is 6.41. The van der Waals surface area contributed by atoms with Crippen molar-refractivity contribution in [3.63, 3.8) is 0 Å². The molecule has 0 bridgehead atoms. The van der Waals surface area contributed by atoms with E-state index in [0.29, 0.717) is 0 Å². The lowest BCUT2D eigenvalue weighted by Crippen LogP contribution is -2.83. The molecule has 0 amide bonds. The lowest BCUT2D eigenvalue weighted by atomic mass is 9.86. The molecule has 4 N–H and O–H groups in total. The zero-order valence-corrected chi connectivity index (χ0v) is 19.8. The maximum Gasteiger partial charge on any atom is 0.151 e. The predicted molar refractivity (Wildman–Crippen MR) is 126 cm³/mol. The zero-order chi connectivity index (χ0) is 20.8. The molecule has 4 rings (SSSR count). The molecule has 4 aliphatic carbocycles. The lowest BCUT2D eigenvalue weighted by molar-refractivity contribution is -0.515. The van der Waals surface area contributed by atoms with E-state index in [1.165, 1.54) is 103 Å². The first kappa shape index (κ1) is 22.5. The third-order valence-electron chi connectivity index (χ3n) is 8.62. The summed E-state index contributed by atoms with van der Waals surface area (Å²) in [6, 6.07) is 3.78. The quantitative estimate of drug-likeness (QED) is 0.550. The predicted octanol–water partition coefficient (Wildman–Crippen LogP) is 1.61. The Morgan fingerprint density at radius 1 is 0.567 bits per heavy atom. The van der Waals surface area contributed by atoms with Crippen LogP contribution in [0.2, 0.25) is 0 Å². The number of hydrogen-bond donors (Lipinski definition) is 4. The topological polar surface area (TPSA) is 52.0 Å². The average molecular weight is 417 g/mol. The van der Waals surface area contributed by atoms with Crippen LogP contribution in [0.15, 0.2) is 0 Å². The van der Waals surface area contributed by atoms with E-state index >= 15 is 0 Å². The second-order valence-corrected chi connectivity index (χ2v) is 11.0. The Balaban J connectivity index is 1.15. The summed E-state index contributed by atoms with van der Waals surface area (Å²) in [5, 5.41) is 7.45. The number of nitrogens with one attached hydrogen (secondary N) is 4. The van der Waals surface area contributed by atoms with Crippen LogP contribution in [0.1, 0.15) is 110 Å². The molecule has 0 unspecified atom stereocenters. The van der Waals surface area contributed by atoms with Crippen molar-refractivity contribution in [3.05, 3.63) is 0 Å². The third-order valence-corrected chi connectivity index (χ3v) is 8.62. The third kappa shape index (κ3) is 6.63. The van der Waals surface area contributed by atoms with Crippen LogP contribution in [0.25, 0.3) is 0 Å². The van der Waals surface area contributed by atoms with E-state index in [1.54, 1.807) is 11.4 Å². The van der Waals surface area contributed by atoms with E-state index in [0.717, 1.165) is 36.1 Å². The van der Waals surface area contributed by atoms with Crippen molar-refractivity contribution in [1.29, 1.82) is 0 Å². The Morgan fingerprint density at radius 3 is 1.43 bits per heavy atom. The first-order valence-electron chi connectivity index (χ1n) is 13.3. The second kappa shape index (κ2) is 11.2. The molecule has 4 aliphatic rings. The van der Waals surface area contributed by atoms with Gasteiger partial charge in [0.15, 0.2) is 23.5 Å². The van der Waals surface area contributed by atoms with Gasteiger partial charge >= 0.3 is 0 Å². The van der Waals surface area contributed by atoms with Gasteiger partial charge in [-0.1, -0.05) is 6.92 Å². The fourth-order valence-corrected chi connectivity index (χ4v) is 6.41. The van der Waals surface area contributed by atoms with Gasteiger partial charge in [-0.3, -0.25) is 0 Å². The van der Waals surface area contributed by atoms with E-state index in [4.69, 9.17) is 0 Å². The largest absolute Gasteiger partial charge is 0.317 e. The highest BCUT2D eigenvalue weighted by atomic mass is 15.0. The molecular weight excluding hydrogens is 368 g/mol. The molecule has 4 saturated carbocycles. The molecule has 0 aromatic heterocycles. The van der Waals surface area contributed by atoms with Gasteiger partial charge in [-0.25, -0.2) is 9.98 Å². The minimum Gasteiger partial charge on any atom is -0.317 e. The maximum atomic E-state index is 4.00. The lowest BCUT2D eigenvalue weighted by Gasteiger charge is -2.34. The average Bonchev–Trinajstić information content (AvgIpc) is 2.78. The standard InChI is InChI=1S/C26H46N4/c1-19-3-5-21(6-4-19)28-23-11-13-25(14-12-23)30-26-17-15-24(16-18-26)29-22-9-7-20(27-2)8-10-22/h19-22,24,26-27,29H,3-18H2,1-2H3/p+2. The smallest absolute Gasteiger partial charge is 0.151 e. The van der Waals surface area contributed by atoms with Crippen molar-refractivity contribution in [2.75, 3.05) is 7.05 Å². The molecular formula is C26H48N4+2. The van der Waals surface area contributed by atoms with Gasteiger partial charge in [0.2, 0.25) is 0 Å². The molecule has 170 valence electrons. The molecule has 0 atom stereocenters. The van der Waals surface area contributed by atoms with Crippen LogP contribution < -0.4 is 20.6 Å². The molecule has 4 heteroatoms. The SMILES string of the molecule is CNC1CCC(NC2CCC([NH+]=C3CCC(=[NH+]C4CCC(C)CC4)CC3)CC2)CC1. The summed E-state index contributed by atoms with van der Waals surface area (Å²) in [6.07, 6.45) is 21.5. The van der Waals surface area contributed by atoms with Crippen LogP contribution in [-0.2, 0) is 0 Å². The van der Waals surface area contributed by atoms with Crippen molar-refractivity contribution >= 4 is 11.4 Å². The van der Waals surface area contributed by atoms with E-state index in [9.17, 15) is 0 Å². The van der Waals surface area contributed by atoms with Gasteiger partial charge in [0.1, 0.15) is 0 Å². The molecule has 0 radical (unpaired) electrons. The molecule has 0 heterocycles. The van der Waals surface area contributed by atoms with E-state index < -0.39 is 0 Å². The van der Waals surface area contributed by atoms with Crippen molar-refractivity contribution in [2.24, 2.45) is 5.92 Å². The van der Waals surface area contributed by atoms with Crippen LogP contribution in [0.4, 0.5) is 0 Å².